The van der Waals surface area contributed by atoms with E-state index < -0.39 is 5.91 Å². The van der Waals surface area contributed by atoms with Crippen molar-refractivity contribution in [2.45, 2.75) is 13.8 Å². The lowest BCUT2D eigenvalue weighted by molar-refractivity contribution is 0.0955. The van der Waals surface area contributed by atoms with E-state index in [1.54, 1.807) is 30.5 Å². The van der Waals surface area contributed by atoms with E-state index in [1.807, 2.05) is 32.0 Å². The second-order valence-corrected chi connectivity index (χ2v) is 5.67. The molecule has 27 heavy (non-hydrogen) atoms. The van der Waals surface area contributed by atoms with Crippen LogP contribution in [0.5, 0.6) is 5.88 Å². The van der Waals surface area contributed by atoms with Crippen LogP contribution in [0.3, 0.4) is 0 Å². The number of hydrogen-bond donors (Lipinski definition) is 2. The molecule has 2 aromatic heterocycles. The lowest BCUT2D eigenvalue weighted by Crippen LogP contribution is -2.23. The maximum atomic E-state index is 12.7. The molecule has 0 radical (unpaired) electrons. The van der Waals surface area contributed by atoms with Gasteiger partial charge < -0.3 is 15.4 Å². The van der Waals surface area contributed by atoms with Gasteiger partial charge in [-0.25, -0.2) is 9.97 Å². The molecule has 0 unspecified atom stereocenters. The molecule has 7 nitrogen and oxygen atoms in total. The number of nitrogens with zero attached hydrogens (tertiary/aromatic N) is 2. The van der Waals surface area contributed by atoms with Gasteiger partial charge in [0, 0.05) is 18.1 Å². The van der Waals surface area contributed by atoms with Crippen LogP contribution in [-0.2, 0) is 0 Å². The Kier molecular flexibility index (Phi) is 5.61. The van der Waals surface area contributed by atoms with Crippen LogP contribution in [0.25, 0.3) is 10.9 Å². The van der Waals surface area contributed by atoms with Crippen molar-refractivity contribution >= 4 is 28.5 Å². The van der Waals surface area contributed by atoms with Crippen molar-refractivity contribution < 1.29 is 14.3 Å². The fraction of sp³-hybridized carbons (Fsp3) is 0.200. The number of nitrogens with one attached hydrogen (secondary N) is 2. The third kappa shape index (κ3) is 4.03. The number of carbonyl (C=O) groups excluding carboxylic acids is 2. The number of aromatic nitrogens is 2. The smallest absolute Gasteiger partial charge is 0.262 e. The van der Waals surface area contributed by atoms with Crippen molar-refractivity contribution in [1.29, 1.82) is 0 Å². The summed E-state index contributed by atoms with van der Waals surface area (Å²) in [5.74, 6) is -0.0901. The highest BCUT2D eigenvalue weighted by Gasteiger charge is 2.17. The van der Waals surface area contributed by atoms with Gasteiger partial charge in [-0.3, -0.25) is 9.59 Å². The first kappa shape index (κ1) is 18.3. The zero-order chi connectivity index (χ0) is 19.2. The van der Waals surface area contributed by atoms with Gasteiger partial charge in [-0.05, 0) is 38.1 Å². The molecule has 1 aromatic carbocycles. The molecule has 7 heteroatoms. The molecule has 2 N–H and O–H groups in total. The summed E-state index contributed by atoms with van der Waals surface area (Å²) in [5, 5.41) is 6.24. The maximum absolute atomic E-state index is 12.7. The summed E-state index contributed by atoms with van der Waals surface area (Å²) in [5.41, 5.74) is 1.37. The van der Waals surface area contributed by atoms with Crippen LogP contribution in [0.2, 0.25) is 0 Å². The number of benzene rings is 1. The molecule has 138 valence electrons. The monoisotopic (exact) mass is 364 g/mol. The molecule has 0 saturated heterocycles. The summed E-state index contributed by atoms with van der Waals surface area (Å²) in [6.45, 7) is 4.57. The zero-order valence-corrected chi connectivity index (χ0v) is 15.2. The van der Waals surface area contributed by atoms with Crippen LogP contribution >= 0.6 is 0 Å². The summed E-state index contributed by atoms with van der Waals surface area (Å²) in [7, 11) is 0. The standard InChI is InChI=1S/C20H20N4O3/c1-3-21-18(25)15-12-17(23-16-10-6-5-8-13(15)16)24-19(26)14-9-7-11-22-20(14)27-4-2/h5-12H,3-4H2,1-2H3,(H,21,25)(H,23,24,26). The summed E-state index contributed by atoms with van der Waals surface area (Å²) < 4.78 is 5.40. The molecule has 0 bridgehead atoms. The van der Waals surface area contributed by atoms with Gasteiger partial charge in [0.1, 0.15) is 11.4 Å². The molecule has 2 heterocycles. The molecule has 3 rings (SSSR count). The lowest BCUT2D eigenvalue weighted by Gasteiger charge is -2.12. The van der Waals surface area contributed by atoms with E-state index in [0.29, 0.717) is 29.8 Å². The number of para-hydroxylation sites is 1. The number of carbonyl (C=O) groups is 2. The molecule has 0 saturated carbocycles. The zero-order valence-electron chi connectivity index (χ0n) is 15.2. The third-order valence-corrected chi connectivity index (χ3v) is 3.84. The SMILES string of the molecule is CCNC(=O)c1cc(NC(=O)c2cccnc2OCC)nc2ccccc12. The minimum Gasteiger partial charge on any atom is -0.477 e. The number of fused-ring (bicyclic) bond motifs is 1. The Bertz CT molecular complexity index is 988. The summed E-state index contributed by atoms with van der Waals surface area (Å²) >= 11 is 0. The van der Waals surface area contributed by atoms with Crippen molar-refractivity contribution in [1.82, 2.24) is 15.3 Å². The average molecular weight is 364 g/mol. The molecule has 0 fully saturated rings. The van der Waals surface area contributed by atoms with Crippen LogP contribution in [0.4, 0.5) is 5.82 Å². The number of hydrogen-bond acceptors (Lipinski definition) is 5. The first-order chi connectivity index (χ1) is 13.1. The molecule has 0 aliphatic rings. The van der Waals surface area contributed by atoms with E-state index in [-0.39, 0.29) is 17.6 Å². The lowest BCUT2D eigenvalue weighted by atomic mass is 10.1. The molecular weight excluding hydrogens is 344 g/mol. The number of pyridine rings is 2. The normalized spacial score (nSPS) is 10.4. The molecule has 0 atom stereocenters. The highest BCUT2D eigenvalue weighted by Crippen LogP contribution is 2.22. The Hall–Kier alpha value is -3.48. The van der Waals surface area contributed by atoms with Crippen molar-refractivity contribution in [2.75, 3.05) is 18.5 Å². The predicted molar refractivity (Wildman–Crippen MR) is 103 cm³/mol. The van der Waals surface area contributed by atoms with E-state index in [1.165, 1.54) is 0 Å². The van der Waals surface area contributed by atoms with Gasteiger partial charge in [-0.1, -0.05) is 18.2 Å². The van der Waals surface area contributed by atoms with Crippen molar-refractivity contribution in [3.63, 3.8) is 0 Å². The number of ether oxygens (including phenoxy) is 1. The highest BCUT2D eigenvalue weighted by atomic mass is 16.5. The minimum atomic E-state index is -0.406. The molecule has 0 spiro atoms. The molecule has 0 aliphatic carbocycles. The Balaban J connectivity index is 1.98. The van der Waals surface area contributed by atoms with Gasteiger partial charge in [0.05, 0.1) is 17.7 Å². The first-order valence-electron chi connectivity index (χ1n) is 8.71. The number of anilines is 1. The molecule has 0 aliphatic heterocycles. The average Bonchev–Trinajstić information content (AvgIpc) is 2.68. The second-order valence-electron chi connectivity index (χ2n) is 5.67. The van der Waals surface area contributed by atoms with E-state index in [4.69, 9.17) is 4.74 Å². The Morgan fingerprint density at radius 3 is 2.63 bits per heavy atom. The summed E-state index contributed by atoms with van der Waals surface area (Å²) in [6, 6.07) is 12.1. The first-order valence-corrected chi connectivity index (χ1v) is 8.71. The van der Waals surface area contributed by atoms with Gasteiger partial charge >= 0.3 is 0 Å². The third-order valence-electron chi connectivity index (χ3n) is 3.84. The van der Waals surface area contributed by atoms with Crippen LogP contribution < -0.4 is 15.4 Å². The topological polar surface area (TPSA) is 93.2 Å². The second kappa shape index (κ2) is 8.27. The van der Waals surface area contributed by atoms with Crippen molar-refractivity contribution in [3.05, 3.63) is 59.8 Å². The quantitative estimate of drug-likeness (QED) is 0.701. The van der Waals surface area contributed by atoms with Gasteiger partial charge in [0.15, 0.2) is 0 Å². The summed E-state index contributed by atoms with van der Waals surface area (Å²) in [6.07, 6.45) is 1.56. The van der Waals surface area contributed by atoms with Crippen LogP contribution in [0.1, 0.15) is 34.6 Å². The Labute approximate surface area is 156 Å². The van der Waals surface area contributed by atoms with Gasteiger partial charge in [0.25, 0.3) is 11.8 Å². The number of rotatable bonds is 6. The van der Waals surface area contributed by atoms with Crippen molar-refractivity contribution in [3.8, 4) is 5.88 Å². The van der Waals surface area contributed by atoms with E-state index in [0.717, 1.165) is 5.39 Å². The van der Waals surface area contributed by atoms with Crippen LogP contribution in [0.15, 0.2) is 48.7 Å². The van der Waals surface area contributed by atoms with Gasteiger partial charge in [-0.15, -0.1) is 0 Å². The highest BCUT2D eigenvalue weighted by molar-refractivity contribution is 6.09. The Morgan fingerprint density at radius 2 is 1.85 bits per heavy atom. The summed E-state index contributed by atoms with van der Waals surface area (Å²) in [4.78, 5) is 33.6. The fourth-order valence-corrected chi connectivity index (χ4v) is 2.68. The molecule has 3 aromatic rings. The maximum Gasteiger partial charge on any atom is 0.262 e. The fourth-order valence-electron chi connectivity index (χ4n) is 2.68. The molecule has 2 amide bonds. The van der Waals surface area contributed by atoms with Crippen molar-refractivity contribution in [2.24, 2.45) is 0 Å². The predicted octanol–water partition coefficient (Wildman–Crippen LogP) is 3.03. The van der Waals surface area contributed by atoms with Gasteiger partial charge in [-0.2, -0.15) is 0 Å². The van der Waals surface area contributed by atoms with Crippen LogP contribution in [-0.4, -0.2) is 34.9 Å². The largest absolute Gasteiger partial charge is 0.477 e. The molecular formula is C20H20N4O3. The number of amides is 2. The van der Waals surface area contributed by atoms with E-state index in [9.17, 15) is 9.59 Å². The van der Waals surface area contributed by atoms with E-state index in [2.05, 4.69) is 20.6 Å². The van der Waals surface area contributed by atoms with Gasteiger partial charge in [0.2, 0.25) is 5.88 Å². The van der Waals surface area contributed by atoms with E-state index >= 15 is 0 Å². The Morgan fingerprint density at radius 1 is 1.04 bits per heavy atom. The van der Waals surface area contributed by atoms with Crippen LogP contribution in [0, 0.1) is 0 Å². The minimum absolute atomic E-state index is 0.219.